The quantitative estimate of drug-likeness (QED) is 0.281. The molecule has 2 aromatic carbocycles. The van der Waals surface area contributed by atoms with Crippen molar-refractivity contribution < 1.29 is 14.6 Å². The number of carbonyl (C=O) groups is 1. The van der Waals surface area contributed by atoms with Gasteiger partial charge in [-0.1, -0.05) is 31.1 Å². The first-order valence-electron chi connectivity index (χ1n) is 13.4. The number of nitrogens with one attached hydrogen (secondary N) is 2. The number of ether oxygens (including phenoxy) is 1. The molecule has 5 rings (SSSR count). The zero-order chi connectivity index (χ0) is 27.6. The predicted molar refractivity (Wildman–Crippen MR) is 152 cm³/mol. The molecule has 1 unspecified atom stereocenters. The lowest BCUT2D eigenvalue weighted by molar-refractivity contribution is -0.137. The zero-order valence-electron chi connectivity index (χ0n) is 22.3. The Morgan fingerprint density at radius 1 is 1.10 bits per heavy atom. The third-order valence-electron chi connectivity index (χ3n) is 7.66. The third-order valence-corrected chi connectivity index (χ3v) is 7.66. The summed E-state index contributed by atoms with van der Waals surface area (Å²) in [5.41, 5.74) is 1.13. The Bertz CT molecular complexity index is 1550. The molecule has 0 amide bonds. The number of aromatic nitrogens is 1. The van der Waals surface area contributed by atoms with Crippen molar-refractivity contribution in [2.45, 2.75) is 57.2 Å². The summed E-state index contributed by atoms with van der Waals surface area (Å²) in [6.07, 6.45) is 10.8. The number of benzene rings is 1. The second-order valence-corrected chi connectivity index (χ2v) is 10.4. The molecule has 3 aromatic rings. The van der Waals surface area contributed by atoms with E-state index in [1.54, 1.807) is 7.11 Å². The number of pyridine rings is 1. The fourth-order valence-corrected chi connectivity index (χ4v) is 5.43. The number of carboxylic acid groups (broad SMARTS) is 1. The van der Waals surface area contributed by atoms with E-state index < -0.39 is 28.6 Å². The fourth-order valence-electron chi connectivity index (χ4n) is 5.43. The fraction of sp³-hybridized carbons (Fsp3) is 0.400. The Hall–Kier alpha value is -3.98. The lowest BCUT2D eigenvalue weighted by Gasteiger charge is -2.32. The SMILES string of the molecule is COC1(Nc2ccc(C[C@H](Nc3c(N4CCCCCC4)c(=O)c3=O)C(=O)O)cc2)C=c2cnc(C)cc2=CC1. The van der Waals surface area contributed by atoms with Crippen LogP contribution in [0.1, 0.15) is 43.4 Å². The lowest BCUT2D eigenvalue weighted by atomic mass is 9.99. The van der Waals surface area contributed by atoms with E-state index in [0.29, 0.717) is 25.2 Å². The molecule has 9 heteroatoms. The summed E-state index contributed by atoms with van der Waals surface area (Å²) in [6.45, 7) is 3.36. The maximum Gasteiger partial charge on any atom is 0.326 e. The van der Waals surface area contributed by atoms with Gasteiger partial charge in [0.15, 0.2) is 5.72 Å². The van der Waals surface area contributed by atoms with Crippen LogP contribution in [0.3, 0.4) is 0 Å². The van der Waals surface area contributed by atoms with Crippen LogP contribution in [0.15, 0.2) is 46.1 Å². The topological polar surface area (TPSA) is 121 Å². The number of anilines is 3. The molecular weight excluding hydrogens is 496 g/mol. The van der Waals surface area contributed by atoms with Crippen LogP contribution in [0, 0.1) is 6.92 Å². The Morgan fingerprint density at radius 3 is 2.49 bits per heavy atom. The average molecular weight is 531 g/mol. The van der Waals surface area contributed by atoms with Crippen molar-refractivity contribution in [3.8, 4) is 0 Å². The molecular formula is C30H34N4O5. The number of aryl methyl sites for hydroxylation is 1. The van der Waals surface area contributed by atoms with Gasteiger partial charge >= 0.3 is 5.97 Å². The Balaban J connectivity index is 1.29. The summed E-state index contributed by atoms with van der Waals surface area (Å²) in [5, 5.41) is 18.3. The van der Waals surface area contributed by atoms with Crippen molar-refractivity contribution in [3.63, 3.8) is 0 Å². The van der Waals surface area contributed by atoms with Gasteiger partial charge in [-0.2, -0.15) is 0 Å². The van der Waals surface area contributed by atoms with Crippen molar-refractivity contribution in [3.05, 3.63) is 78.7 Å². The van der Waals surface area contributed by atoms with Crippen LogP contribution >= 0.6 is 0 Å². The molecule has 2 atom stereocenters. The van der Waals surface area contributed by atoms with Gasteiger partial charge in [0.05, 0.1) is 0 Å². The lowest BCUT2D eigenvalue weighted by Crippen LogP contribution is -2.46. The van der Waals surface area contributed by atoms with Crippen molar-refractivity contribution in [2.75, 3.05) is 35.7 Å². The molecule has 0 saturated carbocycles. The van der Waals surface area contributed by atoms with E-state index in [0.717, 1.165) is 53.1 Å². The maximum absolute atomic E-state index is 12.4. The maximum atomic E-state index is 12.4. The molecule has 39 heavy (non-hydrogen) atoms. The molecule has 204 valence electrons. The molecule has 0 spiro atoms. The summed E-state index contributed by atoms with van der Waals surface area (Å²) in [5.74, 6) is -1.08. The standard InChI is InChI=1S/C30H34N4O5/c1-19-15-21-11-12-30(39-2,17-22(21)18-31-19)33-23-9-7-20(8-10-23)16-24(29(37)38)32-25-26(28(36)27(25)35)34-13-5-3-4-6-14-34/h7-11,15,17-18,24,32-33H,3-6,12-14,16H2,1-2H3,(H,37,38)/t24-,30?/m0/s1. The summed E-state index contributed by atoms with van der Waals surface area (Å²) in [4.78, 5) is 43.2. The molecule has 3 N–H and O–H groups in total. The van der Waals surface area contributed by atoms with Crippen molar-refractivity contribution in [1.82, 2.24) is 4.98 Å². The Morgan fingerprint density at radius 2 is 1.82 bits per heavy atom. The van der Waals surface area contributed by atoms with E-state index in [1.165, 1.54) is 0 Å². The van der Waals surface area contributed by atoms with Crippen LogP contribution in [0.2, 0.25) is 0 Å². The van der Waals surface area contributed by atoms with Gasteiger partial charge in [0.1, 0.15) is 17.4 Å². The Kier molecular flexibility index (Phi) is 7.52. The highest BCUT2D eigenvalue weighted by Gasteiger charge is 2.31. The number of aliphatic carboxylic acids is 1. The minimum atomic E-state index is -1.08. The first-order chi connectivity index (χ1) is 18.8. The summed E-state index contributed by atoms with van der Waals surface area (Å²) in [7, 11) is 1.66. The average Bonchev–Trinajstić information content (AvgIpc) is 3.22. The molecule has 2 heterocycles. The van der Waals surface area contributed by atoms with Crippen LogP contribution in [0.25, 0.3) is 12.2 Å². The van der Waals surface area contributed by atoms with Gasteiger partial charge in [0, 0.05) is 55.8 Å². The smallest absolute Gasteiger partial charge is 0.326 e. The molecule has 1 saturated heterocycles. The van der Waals surface area contributed by atoms with Crippen molar-refractivity contribution >= 4 is 35.2 Å². The first-order valence-corrected chi connectivity index (χ1v) is 13.4. The van der Waals surface area contributed by atoms with Crippen molar-refractivity contribution in [1.29, 1.82) is 0 Å². The Labute approximate surface area is 226 Å². The van der Waals surface area contributed by atoms with Gasteiger partial charge in [-0.25, -0.2) is 4.79 Å². The molecule has 9 nitrogen and oxygen atoms in total. The molecule has 1 aromatic heterocycles. The molecule has 1 fully saturated rings. The number of rotatable bonds is 9. The van der Waals surface area contributed by atoms with E-state index in [9.17, 15) is 19.5 Å². The van der Waals surface area contributed by atoms with E-state index >= 15 is 0 Å². The van der Waals surface area contributed by atoms with E-state index in [1.807, 2.05) is 54.4 Å². The van der Waals surface area contributed by atoms with Crippen LogP contribution in [-0.4, -0.2) is 48.0 Å². The largest absolute Gasteiger partial charge is 0.480 e. The molecule has 1 aliphatic heterocycles. The summed E-state index contributed by atoms with van der Waals surface area (Å²) >= 11 is 0. The predicted octanol–water partition coefficient (Wildman–Crippen LogP) is 1.89. The monoisotopic (exact) mass is 530 g/mol. The van der Waals surface area contributed by atoms with Crippen LogP contribution in [-0.2, 0) is 16.0 Å². The minimum absolute atomic E-state index is 0.128. The first kappa shape index (κ1) is 26.6. The zero-order valence-corrected chi connectivity index (χ0v) is 22.3. The second-order valence-electron chi connectivity index (χ2n) is 10.4. The van der Waals surface area contributed by atoms with Gasteiger partial charge in [-0.3, -0.25) is 14.6 Å². The van der Waals surface area contributed by atoms with Gasteiger partial charge in [0.2, 0.25) is 0 Å². The van der Waals surface area contributed by atoms with Crippen LogP contribution < -0.4 is 36.8 Å². The molecule has 0 radical (unpaired) electrons. The van der Waals surface area contributed by atoms with Crippen molar-refractivity contribution in [2.24, 2.45) is 0 Å². The molecule has 0 bridgehead atoms. The number of nitrogens with zero attached hydrogens (tertiary/aromatic N) is 2. The van der Waals surface area contributed by atoms with Gasteiger partial charge in [-0.15, -0.1) is 0 Å². The summed E-state index contributed by atoms with van der Waals surface area (Å²) < 4.78 is 5.86. The second kappa shape index (κ2) is 11.0. The highest BCUT2D eigenvalue weighted by atomic mass is 16.5. The molecule has 2 aliphatic rings. The number of methoxy groups -OCH3 is 1. The van der Waals surface area contributed by atoms with E-state index in [2.05, 4.69) is 21.7 Å². The van der Waals surface area contributed by atoms with Gasteiger partial charge in [0.25, 0.3) is 10.9 Å². The number of hydrogen-bond acceptors (Lipinski definition) is 8. The highest BCUT2D eigenvalue weighted by molar-refractivity contribution is 5.83. The molecule has 1 aliphatic carbocycles. The minimum Gasteiger partial charge on any atom is -0.480 e. The normalized spacial score (nSPS) is 19.8. The van der Waals surface area contributed by atoms with Gasteiger partial charge < -0.3 is 25.4 Å². The van der Waals surface area contributed by atoms with E-state index in [4.69, 9.17) is 4.74 Å². The highest BCUT2D eigenvalue weighted by Crippen LogP contribution is 2.26. The summed E-state index contributed by atoms with van der Waals surface area (Å²) in [6, 6.07) is 8.47. The van der Waals surface area contributed by atoms with E-state index in [-0.39, 0.29) is 12.1 Å². The number of hydrogen-bond donors (Lipinski definition) is 3. The number of fused-ring (bicyclic) bond motifs is 1. The van der Waals surface area contributed by atoms with Gasteiger partial charge in [-0.05, 0) is 54.8 Å². The van der Waals surface area contributed by atoms with Crippen LogP contribution in [0.5, 0.6) is 0 Å². The van der Waals surface area contributed by atoms with Crippen LogP contribution in [0.4, 0.5) is 17.1 Å². The number of carboxylic acids is 1. The third kappa shape index (κ3) is 5.59.